The lowest BCUT2D eigenvalue weighted by Gasteiger charge is -2.36. The highest BCUT2D eigenvalue weighted by atomic mass is 31.0. The number of hydrogen-bond donors (Lipinski definition) is 0. The van der Waals surface area contributed by atoms with Crippen LogP contribution < -0.4 is 0 Å². The Balaban J connectivity index is 1.80. The van der Waals surface area contributed by atoms with Crippen molar-refractivity contribution in [1.82, 2.24) is 9.80 Å². The standard InChI is InChI=1S/C25H37N2O7P/c1-24(2,3)34-23(30)27-20(16-32-25(27,4)5)14-18(11-12-33-35)21(28)26-19(15-31-22(26)29)13-17-9-7-6-8-10-17/h6-10,18-20H,11-16,35H2,1-5H3/t18-,19-,20-/m0/s1. The number of carbonyl (C=O) groups excluding carboxylic acids is 3. The van der Waals surface area contributed by atoms with E-state index < -0.39 is 41.5 Å². The van der Waals surface area contributed by atoms with E-state index in [0.29, 0.717) is 25.9 Å². The zero-order chi connectivity index (χ0) is 25.8. The topological polar surface area (TPSA) is 94.6 Å². The monoisotopic (exact) mass is 508 g/mol. The predicted octanol–water partition coefficient (Wildman–Crippen LogP) is 4.15. The fourth-order valence-electron chi connectivity index (χ4n) is 4.58. The summed E-state index contributed by atoms with van der Waals surface area (Å²) in [5.74, 6) is -0.906. The van der Waals surface area contributed by atoms with Gasteiger partial charge < -0.3 is 18.7 Å². The molecule has 9 nitrogen and oxygen atoms in total. The molecule has 0 N–H and O–H groups in total. The maximum Gasteiger partial charge on any atom is 0.416 e. The minimum Gasteiger partial charge on any atom is -0.447 e. The molecule has 0 aromatic heterocycles. The third kappa shape index (κ3) is 6.93. The second kappa shape index (κ2) is 11.2. The molecular formula is C25H37N2O7P. The van der Waals surface area contributed by atoms with Gasteiger partial charge in [0.1, 0.15) is 17.9 Å². The van der Waals surface area contributed by atoms with Crippen molar-refractivity contribution in [2.75, 3.05) is 19.8 Å². The zero-order valence-corrected chi connectivity index (χ0v) is 22.3. The summed E-state index contributed by atoms with van der Waals surface area (Å²) >= 11 is 0. The molecule has 35 heavy (non-hydrogen) atoms. The van der Waals surface area contributed by atoms with Gasteiger partial charge in [0.2, 0.25) is 5.91 Å². The summed E-state index contributed by atoms with van der Waals surface area (Å²) in [6.07, 6.45) is 0.0517. The van der Waals surface area contributed by atoms with Crippen LogP contribution in [0.15, 0.2) is 30.3 Å². The van der Waals surface area contributed by atoms with Crippen LogP contribution in [0.2, 0.25) is 0 Å². The number of hydrogen-bond acceptors (Lipinski definition) is 7. The first-order valence-electron chi connectivity index (χ1n) is 11.9. The fourth-order valence-corrected chi connectivity index (χ4v) is 4.72. The van der Waals surface area contributed by atoms with Crippen LogP contribution in [-0.2, 0) is 29.9 Å². The molecule has 1 unspecified atom stereocenters. The van der Waals surface area contributed by atoms with Crippen molar-refractivity contribution in [3.05, 3.63) is 35.9 Å². The molecule has 2 aliphatic heterocycles. The van der Waals surface area contributed by atoms with E-state index in [1.807, 2.05) is 30.3 Å². The minimum atomic E-state index is -0.889. The lowest BCUT2D eigenvalue weighted by Crippen LogP contribution is -2.51. The van der Waals surface area contributed by atoms with Crippen LogP contribution in [0.4, 0.5) is 9.59 Å². The Labute approximate surface area is 209 Å². The van der Waals surface area contributed by atoms with Gasteiger partial charge in [0.25, 0.3) is 0 Å². The highest BCUT2D eigenvalue weighted by molar-refractivity contribution is 7.09. The van der Waals surface area contributed by atoms with Crippen LogP contribution in [0.1, 0.15) is 53.0 Å². The molecule has 0 saturated carbocycles. The Hall–Kier alpha value is -2.22. The normalized spacial score (nSPS) is 22.7. The molecule has 1 aromatic carbocycles. The molecule has 0 radical (unpaired) electrons. The van der Waals surface area contributed by atoms with Crippen molar-refractivity contribution in [1.29, 1.82) is 0 Å². The number of cyclic esters (lactones) is 1. The van der Waals surface area contributed by atoms with E-state index in [2.05, 4.69) is 9.47 Å². The number of carbonyl (C=O) groups is 3. The van der Waals surface area contributed by atoms with Crippen molar-refractivity contribution in [2.45, 2.75) is 77.3 Å². The first kappa shape index (κ1) is 27.4. The van der Waals surface area contributed by atoms with Gasteiger partial charge in [-0.25, -0.2) is 14.5 Å². The Morgan fingerprint density at radius 2 is 1.86 bits per heavy atom. The quantitative estimate of drug-likeness (QED) is 0.487. The molecule has 194 valence electrons. The summed E-state index contributed by atoms with van der Waals surface area (Å²) < 4.78 is 22.0. The Kier molecular flexibility index (Phi) is 8.78. The minimum absolute atomic E-state index is 0.149. The lowest BCUT2D eigenvalue weighted by atomic mass is 9.93. The summed E-state index contributed by atoms with van der Waals surface area (Å²) in [4.78, 5) is 42.1. The van der Waals surface area contributed by atoms with E-state index in [9.17, 15) is 14.4 Å². The first-order chi connectivity index (χ1) is 16.4. The summed E-state index contributed by atoms with van der Waals surface area (Å²) in [5, 5.41) is 0. The Morgan fingerprint density at radius 1 is 1.17 bits per heavy atom. The van der Waals surface area contributed by atoms with Crippen molar-refractivity contribution in [2.24, 2.45) is 5.92 Å². The van der Waals surface area contributed by atoms with Gasteiger partial charge in [0.05, 0.1) is 25.3 Å². The van der Waals surface area contributed by atoms with Gasteiger partial charge in [-0.2, -0.15) is 0 Å². The number of benzene rings is 1. The number of imide groups is 1. The molecule has 0 bridgehead atoms. The SMILES string of the molecule is CC(C)(C)OC(=O)N1[C@@H](C[C@H](CCOP)C(=O)N2C(=O)OC[C@@H]2Cc2ccccc2)COC1(C)C. The third-order valence-electron chi connectivity index (χ3n) is 6.17. The number of rotatable bonds is 8. The van der Waals surface area contributed by atoms with Crippen molar-refractivity contribution in [3.8, 4) is 0 Å². The third-order valence-corrected chi connectivity index (χ3v) is 6.40. The molecule has 2 saturated heterocycles. The van der Waals surface area contributed by atoms with E-state index in [1.54, 1.807) is 39.5 Å². The van der Waals surface area contributed by atoms with Gasteiger partial charge in [-0.1, -0.05) is 30.3 Å². The fraction of sp³-hybridized carbons (Fsp3) is 0.640. The lowest BCUT2D eigenvalue weighted by molar-refractivity contribution is -0.134. The van der Waals surface area contributed by atoms with E-state index in [0.717, 1.165) is 5.56 Å². The summed E-state index contributed by atoms with van der Waals surface area (Å²) in [6, 6.07) is 8.89. The summed E-state index contributed by atoms with van der Waals surface area (Å²) in [6.45, 7) is 9.72. The first-order valence-corrected chi connectivity index (χ1v) is 12.4. The van der Waals surface area contributed by atoms with Crippen LogP contribution >= 0.6 is 9.47 Å². The molecule has 2 heterocycles. The molecule has 0 aliphatic carbocycles. The van der Waals surface area contributed by atoms with Gasteiger partial charge in [0.15, 0.2) is 0 Å². The van der Waals surface area contributed by atoms with Crippen LogP contribution in [0.25, 0.3) is 0 Å². The van der Waals surface area contributed by atoms with Crippen molar-refractivity contribution in [3.63, 3.8) is 0 Å². The summed E-state index contributed by atoms with van der Waals surface area (Å²) in [5.41, 5.74) is -0.548. The van der Waals surface area contributed by atoms with E-state index in [4.69, 9.17) is 18.7 Å². The largest absolute Gasteiger partial charge is 0.447 e. The molecule has 3 rings (SSSR count). The van der Waals surface area contributed by atoms with Gasteiger partial charge in [-0.05, 0) is 59.4 Å². The van der Waals surface area contributed by atoms with Gasteiger partial charge in [-0.3, -0.25) is 9.69 Å². The molecule has 10 heteroatoms. The summed E-state index contributed by atoms with van der Waals surface area (Å²) in [7, 11) is 2.18. The van der Waals surface area contributed by atoms with E-state index >= 15 is 0 Å². The molecule has 1 aromatic rings. The molecule has 4 atom stereocenters. The van der Waals surface area contributed by atoms with Gasteiger partial charge >= 0.3 is 12.2 Å². The maximum absolute atomic E-state index is 13.7. The van der Waals surface area contributed by atoms with E-state index in [-0.39, 0.29) is 19.1 Å². The van der Waals surface area contributed by atoms with E-state index in [1.165, 1.54) is 4.90 Å². The van der Waals surface area contributed by atoms with Crippen LogP contribution in [0.3, 0.4) is 0 Å². The average Bonchev–Trinajstić information content (AvgIpc) is 3.28. The Morgan fingerprint density at radius 3 is 2.49 bits per heavy atom. The van der Waals surface area contributed by atoms with Crippen LogP contribution in [0.5, 0.6) is 0 Å². The smallest absolute Gasteiger partial charge is 0.416 e. The van der Waals surface area contributed by atoms with Gasteiger partial charge in [-0.15, -0.1) is 0 Å². The van der Waals surface area contributed by atoms with Crippen LogP contribution in [0, 0.1) is 5.92 Å². The van der Waals surface area contributed by atoms with Gasteiger partial charge in [0, 0.05) is 15.4 Å². The molecular weight excluding hydrogens is 471 g/mol. The van der Waals surface area contributed by atoms with Crippen molar-refractivity contribution < 1.29 is 33.1 Å². The molecule has 0 spiro atoms. The zero-order valence-electron chi connectivity index (χ0n) is 21.2. The Bertz CT molecular complexity index is 903. The highest BCUT2D eigenvalue weighted by Gasteiger charge is 2.48. The maximum atomic E-state index is 13.7. The predicted molar refractivity (Wildman–Crippen MR) is 132 cm³/mol. The number of ether oxygens (including phenoxy) is 3. The molecule has 3 amide bonds. The highest BCUT2D eigenvalue weighted by Crippen LogP contribution is 2.34. The second-order valence-corrected chi connectivity index (χ2v) is 10.8. The number of amides is 3. The molecule has 2 fully saturated rings. The molecule has 2 aliphatic rings. The van der Waals surface area contributed by atoms with Crippen LogP contribution in [-0.4, -0.2) is 71.1 Å². The van der Waals surface area contributed by atoms with Crippen molar-refractivity contribution >= 4 is 27.6 Å². The second-order valence-electron chi connectivity index (χ2n) is 10.5. The average molecular weight is 509 g/mol. The number of nitrogens with zero attached hydrogens (tertiary/aromatic N) is 2.